The monoisotopic (exact) mass is 211 g/mol. The summed E-state index contributed by atoms with van der Waals surface area (Å²) in [6.45, 7) is 3.99. The summed E-state index contributed by atoms with van der Waals surface area (Å²) in [5.41, 5.74) is 0. The molecule has 1 N–H and O–H groups in total. The smallest absolute Gasteiger partial charge is 0.242 e. The van der Waals surface area contributed by atoms with Gasteiger partial charge in [0.25, 0.3) is 0 Å². The third-order valence-corrected chi connectivity index (χ3v) is 2.42. The fourth-order valence-electron chi connectivity index (χ4n) is 1.18. The van der Waals surface area contributed by atoms with Gasteiger partial charge in [0, 0.05) is 25.5 Å². The molecule has 15 heavy (non-hydrogen) atoms. The minimum Gasteiger partial charge on any atom is -0.388 e. The van der Waals surface area contributed by atoms with Crippen LogP contribution in [0.3, 0.4) is 0 Å². The summed E-state index contributed by atoms with van der Waals surface area (Å²) in [4.78, 5) is 17.3. The zero-order valence-electron chi connectivity index (χ0n) is 9.34. The van der Waals surface area contributed by atoms with Crippen LogP contribution < -0.4 is 0 Å². The standard InChI is InChI=1S/C10H17N3O2/c1-8(2)12(3)10(15)6-13-5-4-11-9(13)7-14/h4-5,8,14H,6-7H2,1-3H3. The predicted molar refractivity (Wildman–Crippen MR) is 56.1 cm³/mol. The molecule has 0 unspecified atom stereocenters. The van der Waals surface area contributed by atoms with Crippen molar-refractivity contribution in [2.24, 2.45) is 0 Å². The number of imidazole rings is 1. The van der Waals surface area contributed by atoms with Crippen molar-refractivity contribution >= 4 is 5.91 Å². The molecule has 0 fully saturated rings. The van der Waals surface area contributed by atoms with Crippen molar-refractivity contribution in [3.05, 3.63) is 18.2 Å². The normalized spacial score (nSPS) is 10.7. The molecule has 0 aliphatic heterocycles. The van der Waals surface area contributed by atoms with Crippen molar-refractivity contribution in [2.75, 3.05) is 7.05 Å². The Bertz CT molecular complexity index is 333. The van der Waals surface area contributed by atoms with Gasteiger partial charge in [-0.3, -0.25) is 4.79 Å². The fourth-order valence-corrected chi connectivity index (χ4v) is 1.18. The molecule has 0 saturated carbocycles. The first-order chi connectivity index (χ1) is 7.06. The van der Waals surface area contributed by atoms with Gasteiger partial charge in [-0.2, -0.15) is 0 Å². The molecular weight excluding hydrogens is 194 g/mol. The molecule has 0 aromatic carbocycles. The van der Waals surface area contributed by atoms with Gasteiger partial charge >= 0.3 is 0 Å². The Labute approximate surface area is 89.3 Å². The first kappa shape index (κ1) is 11.7. The van der Waals surface area contributed by atoms with E-state index in [0.29, 0.717) is 5.82 Å². The Morgan fingerprint density at radius 3 is 2.87 bits per heavy atom. The number of carbonyl (C=O) groups is 1. The second kappa shape index (κ2) is 4.93. The van der Waals surface area contributed by atoms with Crippen molar-refractivity contribution in [3.63, 3.8) is 0 Å². The Morgan fingerprint density at radius 1 is 1.67 bits per heavy atom. The molecule has 5 heteroatoms. The molecule has 1 aromatic rings. The lowest BCUT2D eigenvalue weighted by Crippen LogP contribution is -2.35. The maximum Gasteiger partial charge on any atom is 0.242 e. The average Bonchev–Trinajstić information content (AvgIpc) is 2.63. The fraction of sp³-hybridized carbons (Fsp3) is 0.600. The number of aliphatic hydroxyl groups excluding tert-OH is 1. The molecule has 0 atom stereocenters. The minimum absolute atomic E-state index is 0.0118. The number of amides is 1. The summed E-state index contributed by atoms with van der Waals surface area (Å²) >= 11 is 0. The van der Waals surface area contributed by atoms with Crippen molar-refractivity contribution in [1.29, 1.82) is 0 Å². The van der Waals surface area contributed by atoms with Gasteiger partial charge in [0.2, 0.25) is 5.91 Å². The van der Waals surface area contributed by atoms with Crippen LogP contribution >= 0.6 is 0 Å². The van der Waals surface area contributed by atoms with Crippen LogP contribution in [0.15, 0.2) is 12.4 Å². The Balaban J connectivity index is 2.66. The van der Waals surface area contributed by atoms with Crippen LogP contribution in [0.1, 0.15) is 19.7 Å². The molecule has 1 heterocycles. The molecule has 84 valence electrons. The second-order valence-electron chi connectivity index (χ2n) is 3.73. The third kappa shape index (κ3) is 2.79. The number of carbonyl (C=O) groups excluding carboxylic acids is 1. The lowest BCUT2D eigenvalue weighted by Gasteiger charge is -2.21. The zero-order valence-corrected chi connectivity index (χ0v) is 9.34. The van der Waals surface area contributed by atoms with Crippen molar-refractivity contribution in [3.8, 4) is 0 Å². The van der Waals surface area contributed by atoms with Gasteiger partial charge in [0.05, 0.1) is 0 Å². The van der Waals surface area contributed by atoms with E-state index in [1.807, 2.05) is 13.8 Å². The lowest BCUT2D eigenvalue weighted by atomic mass is 10.3. The quantitative estimate of drug-likeness (QED) is 0.776. The largest absolute Gasteiger partial charge is 0.388 e. The molecule has 0 aliphatic carbocycles. The van der Waals surface area contributed by atoms with Crippen LogP contribution in [-0.4, -0.2) is 38.6 Å². The van der Waals surface area contributed by atoms with Gasteiger partial charge in [-0.1, -0.05) is 0 Å². The maximum absolute atomic E-state index is 11.7. The van der Waals surface area contributed by atoms with Crippen LogP contribution in [0.5, 0.6) is 0 Å². The number of aliphatic hydroxyl groups is 1. The van der Waals surface area contributed by atoms with Gasteiger partial charge in [-0.15, -0.1) is 0 Å². The summed E-state index contributed by atoms with van der Waals surface area (Å²) in [5.74, 6) is 0.526. The number of aromatic nitrogens is 2. The SMILES string of the molecule is CC(C)N(C)C(=O)Cn1ccnc1CO. The predicted octanol–water partition coefficient (Wildman–Crippen LogP) is 0.242. The van der Waals surface area contributed by atoms with Crippen molar-refractivity contribution < 1.29 is 9.90 Å². The van der Waals surface area contributed by atoms with E-state index in [0.717, 1.165) is 0 Å². The third-order valence-electron chi connectivity index (χ3n) is 2.42. The number of hydrogen-bond acceptors (Lipinski definition) is 3. The highest BCUT2D eigenvalue weighted by molar-refractivity contribution is 5.76. The number of hydrogen-bond donors (Lipinski definition) is 1. The van der Waals surface area contributed by atoms with Crippen LogP contribution in [0, 0.1) is 0 Å². The van der Waals surface area contributed by atoms with Gasteiger partial charge in [0.15, 0.2) is 0 Å². The maximum atomic E-state index is 11.7. The summed E-state index contributed by atoms with van der Waals surface area (Å²) in [5, 5.41) is 8.96. The Morgan fingerprint density at radius 2 is 2.33 bits per heavy atom. The molecule has 0 radical (unpaired) electrons. The Kier molecular flexibility index (Phi) is 3.85. The molecule has 1 rings (SSSR count). The van der Waals surface area contributed by atoms with E-state index in [2.05, 4.69) is 4.98 Å². The van der Waals surface area contributed by atoms with E-state index in [1.165, 1.54) is 0 Å². The van der Waals surface area contributed by atoms with E-state index in [1.54, 1.807) is 28.9 Å². The van der Waals surface area contributed by atoms with E-state index < -0.39 is 0 Å². The van der Waals surface area contributed by atoms with Crippen LogP contribution in [0.25, 0.3) is 0 Å². The van der Waals surface area contributed by atoms with E-state index in [4.69, 9.17) is 5.11 Å². The van der Waals surface area contributed by atoms with E-state index in [-0.39, 0.29) is 25.1 Å². The summed E-state index contributed by atoms with van der Waals surface area (Å²) in [6, 6.07) is 0.179. The van der Waals surface area contributed by atoms with Gasteiger partial charge in [0.1, 0.15) is 19.0 Å². The first-order valence-corrected chi connectivity index (χ1v) is 4.92. The van der Waals surface area contributed by atoms with Crippen LogP contribution in [0.4, 0.5) is 0 Å². The number of rotatable bonds is 4. The molecule has 0 saturated heterocycles. The highest BCUT2D eigenvalue weighted by Gasteiger charge is 2.13. The molecule has 0 bridgehead atoms. The Hall–Kier alpha value is -1.36. The second-order valence-corrected chi connectivity index (χ2v) is 3.73. The summed E-state index contributed by atoms with van der Waals surface area (Å²) in [7, 11) is 1.77. The topological polar surface area (TPSA) is 58.4 Å². The molecule has 1 amide bonds. The molecule has 0 spiro atoms. The molecule has 0 aliphatic rings. The molecule has 5 nitrogen and oxygen atoms in total. The minimum atomic E-state index is -0.147. The number of likely N-dealkylation sites (N-methyl/N-ethyl adjacent to an activating group) is 1. The summed E-state index contributed by atoms with van der Waals surface area (Å²) < 4.78 is 1.65. The van der Waals surface area contributed by atoms with Crippen LogP contribution in [0.2, 0.25) is 0 Å². The van der Waals surface area contributed by atoms with Crippen LogP contribution in [-0.2, 0) is 17.9 Å². The van der Waals surface area contributed by atoms with E-state index >= 15 is 0 Å². The summed E-state index contributed by atoms with van der Waals surface area (Å²) in [6.07, 6.45) is 3.27. The number of nitrogens with zero attached hydrogens (tertiary/aromatic N) is 3. The van der Waals surface area contributed by atoms with Gasteiger partial charge in [-0.25, -0.2) is 4.98 Å². The van der Waals surface area contributed by atoms with Gasteiger partial charge < -0.3 is 14.6 Å². The zero-order chi connectivity index (χ0) is 11.4. The average molecular weight is 211 g/mol. The highest BCUT2D eigenvalue weighted by atomic mass is 16.3. The van der Waals surface area contributed by atoms with E-state index in [9.17, 15) is 4.79 Å². The first-order valence-electron chi connectivity index (χ1n) is 4.92. The van der Waals surface area contributed by atoms with Crippen molar-refractivity contribution in [2.45, 2.75) is 33.0 Å². The van der Waals surface area contributed by atoms with Gasteiger partial charge in [-0.05, 0) is 13.8 Å². The molecule has 1 aromatic heterocycles. The lowest BCUT2D eigenvalue weighted by molar-refractivity contribution is -0.132. The van der Waals surface area contributed by atoms with Crippen molar-refractivity contribution in [1.82, 2.24) is 14.5 Å². The molecular formula is C10H17N3O2. The highest BCUT2D eigenvalue weighted by Crippen LogP contribution is 2.01.